The number of methoxy groups -OCH3 is 2. The number of benzene rings is 1. The van der Waals surface area contributed by atoms with Crippen molar-refractivity contribution in [2.75, 3.05) is 20.8 Å². The van der Waals surface area contributed by atoms with E-state index < -0.39 is 0 Å². The summed E-state index contributed by atoms with van der Waals surface area (Å²) in [6.07, 6.45) is 3.86. The van der Waals surface area contributed by atoms with Gasteiger partial charge in [-0.25, -0.2) is 14.8 Å². The monoisotopic (exact) mass is 468 g/mol. The van der Waals surface area contributed by atoms with Crippen LogP contribution < -0.4 is 16.0 Å². The van der Waals surface area contributed by atoms with Crippen molar-refractivity contribution in [3.8, 4) is 16.9 Å². The number of aliphatic imine (C=N–C) groups is 2. The lowest BCUT2D eigenvalue weighted by Crippen LogP contribution is -2.38. The average molecular weight is 469 g/mol. The van der Waals surface area contributed by atoms with Gasteiger partial charge in [0.1, 0.15) is 17.8 Å². The van der Waals surface area contributed by atoms with Crippen molar-refractivity contribution in [2.45, 2.75) is 45.2 Å². The van der Waals surface area contributed by atoms with Crippen LogP contribution in [0.2, 0.25) is 0 Å². The Morgan fingerprint density at radius 1 is 1.09 bits per heavy atom. The second kappa shape index (κ2) is 9.48. The van der Waals surface area contributed by atoms with E-state index >= 15 is 0 Å². The fourth-order valence-electron chi connectivity index (χ4n) is 4.63. The first kappa shape index (κ1) is 23.8. The molecular weight excluding hydrogens is 436 g/mol. The molecule has 0 saturated heterocycles. The molecule has 3 heterocycles. The fourth-order valence-corrected chi connectivity index (χ4v) is 4.63. The van der Waals surface area contributed by atoms with Crippen LogP contribution in [0.5, 0.6) is 5.75 Å². The van der Waals surface area contributed by atoms with Crippen LogP contribution in [0.15, 0.2) is 37.9 Å². The van der Waals surface area contributed by atoms with E-state index in [1.165, 1.54) is 11.6 Å². The molecule has 0 saturated carbocycles. The van der Waals surface area contributed by atoms with Gasteiger partial charge in [-0.1, -0.05) is 26.0 Å². The van der Waals surface area contributed by atoms with Gasteiger partial charge in [-0.05, 0) is 29.9 Å². The van der Waals surface area contributed by atoms with Crippen molar-refractivity contribution in [3.63, 3.8) is 0 Å². The topological polar surface area (TPSA) is 96.4 Å². The predicted molar refractivity (Wildman–Crippen MR) is 131 cm³/mol. The lowest BCUT2D eigenvalue weighted by molar-refractivity contribution is 0.288. The number of ether oxygens (including phenoxy) is 3. The first-order valence-corrected chi connectivity index (χ1v) is 11.5. The van der Waals surface area contributed by atoms with Gasteiger partial charge in [0.05, 0.1) is 26.4 Å². The van der Waals surface area contributed by atoms with Crippen LogP contribution in [-0.2, 0) is 36.4 Å². The van der Waals surface area contributed by atoms with Crippen LogP contribution in [0.25, 0.3) is 11.1 Å². The number of nitrogens with zero attached hydrogens (tertiary/aromatic N) is 4. The highest BCUT2D eigenvalue weighted by Gasteiger charge is 2.32. The van der Waals surface area contributed by atoms with Gasteiger partial charge in [-0.2, -0.15) is 0 Å². The molecule has 0 amide bonds. The maximum Gasteiger partial charge on any atom is 0.330 e. The predicted octanol–water partition coefficient (Wildman–Crippen LogP) is 2.12. The van der Waals surface area contributed by atoms with Crippen molar-refractivity contribution < 1.29 is 14.2 Å². The highest BCUT2D eigenvalue weighted by atomic mass is 16.5. The van der Waals surface area contributed by atoms with Gasteiger partial charge in [0.25, 0.3) is 5.56 Å². The summed E-state index contributed by atoms with van der Waals surface area (Å²) in [5, 5.41) is 0. The van der Waals surface area contributed by atoms with E-state index in [2.05, 4.69) is 13.8 Å². The summed E-state index contributed by atoms with van der Waals surface area (Å²) in [5.41, 5.74) is 2.54. The first-order valence-electron chi connectivity index (χ1n) is 11.5. The van der Waals surface area contributed by atoms with Crippen LogP contribution in [0.1, 0.15) is 31.4 Å². The van der Waals surface area contributed by atoms with Crippen LogP contribution in [-0.4, -0.2) is 53.8 Å². The SMILES string of the molecule is COC1=NC(C(C)C)C(OC)=NC1Cc1ccc(-c2cn(C)c(=O)n(C)c2=O)c2c1CCCO2. The van der Waals surface area contributed by atoms with E-state index in [1.807, 2.05) is 12.1 Å². The molecule has 2 unspecified atom stereocenters. The standard InChI is InChI=1S/C25H32N4O5/c1-14(2)20-23(33-6)26-19(22(27-20)32-5)12-15-9-10-17(21-16(15)8-7-11-34-21)18-13-28(3)25(31)29(4)24(18)30/h9-10,13-14,19-20H,7-8,11-12H2,1-6H3. The Bertz CT molecular complexity index is 1270. The minimum atomic E-state index is -0.365. The molecule has 9 heteroatoms. The third kappa shape index (κ3) is 4.15. The Morgan fingerprint density at radius 3 is 2.50 bits per heavy atom. The molecule has 2 aliphatic rings. The zero-order valence-corrected chi connectivity index (χ0v) is 20.6. The Morgan fingerprint density at radius 2 is 1.82 bits per heavy atom. The maximum atomic E-state index is 12.9. The van der Waals surface area contributed by atoms with Gasteiger partial charge in [0, 0.05) is 32.3 Å². The molecule has 2 aromatic rings. The first-order chi connectivity index (χ1) is 16.3. The summed E-state index contributed by atoms with van der Waals surface area (Å²) in [7, 11) is 6.36. The highest BCUT2D eigenvalue weighted by molar-refractivity contribution is 5.94. The quantitative estimate of drug-likeness (QED) is 0.685. The molecule has 0 aliphatic carbocycles. The molecule has 0 fully saturated rings. The summed E-state index contributed by atoms with van der Waals surface area (Å²) in [5.74, 6) is 2.12. The average Bonchev–Trinajstić information content (AvgIpc) is 2.84. The summed E-state index contributed by atoms with van der Waals surface area (Å²) in [6, 6.07) is 3.43. The van der Waals surface area contributed by atoms with E-state index in [0.29, 0.717) is 41.7 Å². The molecule has 0 bridgehead atoms. The number of hydrogen-bond acceptors (Lipinski definition) is 7. The largest absolute Gasteiger partial charge is 0.493 e. The second-order valence-corrected chi connectivity index (χ2v) is 9.08. The van der Waals surface area contributed by atoms with E-state index in [4.69, 9.17) is 24.2 Å². The number of aryl methyl sites for hydroxylation is 1. The zero-order chi connectivity index (χ0) is 24.6. The van der Waals surface area contributed by atoms with Gasteiger partial charge < -0.3 is 18.8 Å². The lowest BCUT2D eigenvalue weighted by Gasteiger charge is -2.28. The number of rotatable bonds is 4. The minimum Gasteiger partial charge on any atom is -0.493 e. The smallest absolute Gasteiger partial charge is 0.330 e. The molecule has 4 rings (SSSR count). The van der Waals surface area contributed by atoms with Gasteiger partial charge in [0.2, 0.25) is 11.8 Å². The highest BCUT2D eigenvalue weighted by Crippen LogP contribution is 2.38. The van der Waals surface area contributed by atoms with E-state index in [1.54, 1.807) is 27.5 Å². The molecule has 2 aliphatic heterocycles. The third-order valence-electron chi connectivity index (χ3n) is 6.46. The molecule has 34 heavy (non-hydrogen) atoms. The van der Waals surface area contributed by atoms with Crippen molar-refractivity contribution in [1.82, 2.24) is 9.13 Å². The minimum absolute atomic E-state index is 0.170. The van der Waals surface area contributed by atoms with Crippen molar-refractivity contribution in [3.05, 3.63) is 50.3 Å². The molecule has 1 aromatic heterocycles. The molecule has 0 N–H and O–H groups in total. The normalized spacial score (nSPS) is 19.7. The maximum absolute atomic E-state index is 12.9. The summed E-state index contributed by atoms with van der Waals surface area (Å²) in [6.45, 7) is 4.73. The molecular formula is C25H32N4O5. The molecule has 182 valence electrons. The number of aromatic nitrogens is 2. The molecule has 9 nitrogen and oxygen atoms in total. The van der Waals surface area contributed by atoms with Gasteiger partial charge in [-0.15, -0.1) is 0 Å². The fraction of sp³-hybridized carbons (Fsp3) is 0.520. The third-order valence-corrected chi connectivity index (χ3v) is 6.46. The zero-order valence-electron chi connectivity index (χ0n) is 20.6. The number of hydrogen-bond donors (Lipinski definition) is 0. The Hall–Kier alpha value is -3.36. The summed E-state index contributed by atoms with van der Waals surface area (Å²) in [4.78, 5) is 34.7. The van der Waals surface area contributed by atoms with E-state index in [0.717, 1.165) is 28.5 Å². The van der Waals surface area contributed by atoms with Crippen LogP contribution in [0.4, 0.5) is 0 Å². The second-order valence-electron chi connectivity index (χ2n) is 9.08. The van der Waals surface area contributed by atoms with Gasteiger partial charge >= 0.3 is 5.69 Å². The molecule has 0 radical (unpaired) electrons. The summed E-state index contributed by atoms with van der Waals surface area (Å²) >= 11 is 0. The lowest BCUT2D eigenvalue weighted by atomic mass is 9.90. The van der Waals surface area contributed by atoms with Crippen molar-refractivity contribution >= 4 is 11.8 Å². The van der Waals surface area contributed by atoms with E-state index in [9.17, 15) is 9.59 Å². The summed E-state index contributed by atoms with van der Waals surface area (Å²) < 4.78 is 19.8. The Labute approximate surface area is 198 Å². The van der Waals surface area contributed by atoms with Crippen LogP contribution >= 0.6 is 0 Å². The van der Waals surface area contributed by atoms with Crippen LogP contribution in [0, 0.1) is 5.92 Å². The van der Waals surface area contributed by atoms with Crippen LogP contribution in [0.3, 0.4) is 0 Å². The molecule has 2 atom stereocenters. The van der Waals surface area contributed by atoms with Gasteiger partial charge in [0.15, 0.2) is 0 Å². The Kier molecular flexibility index (Phi) is 6.63. The molecule has 0 spiro atoms. The van der Waals surface area contributed by atoms with E-state index in [-0.39, 0.29) is 29.3 Å². The van der Waals surface area contributed by atoms with Crippen molar-refractivity contribution in [2.24, 2.45) is 30.0 Å². The van der Waals surface area contributed by atoms with Crippen molar-refractivity contribution in [1.29, 1.82) is 0 Å². The van der Waals surface area contributed by atoms with Gasteiger partial charge in [-0.3, -0.25) is 9.36 Å². The number of fused-ring (bicyclic) bond motifs is 1. The molecule has 1 aromatic carbocycles. The Balaban J connectivity index is 1.78.